The summed E-state index contributed by atoms with van der Waals surface area (Å²) in [5.74, 6) is -0.288. The molecule has 2 aromatic carbocycles. The number of aryl methyl sites for hydroxylation is 1. The minimum Gasteiger partial charge on any atom is -0.442 e. The summed E-state index contributed by atoms with van der Waals surface area (Å²) in [4.78, 5) is 30.8. The largest absolute Gasteiger partial charge is 0.442 e. The van der Waals surface area contributed by atoms with Gasteiger partial charge in [-0.2, -0.15) is 4.99 Å². The van der Waals surface area contributed by atoms with Crippen molar-refractivity contribution in [1.82, 2.24) is 0 Å². The number of benzene rings is 2. The molecule has 0 aromatic heterocycles. The molecule has 2 amide bonds. The van der Waals surface area contributed by atoms with Gasteiger partial charge in [-0.15, -0.1) is 0 Å². The summed E-state index contributed by atoms with van der Waals surface area (Å²) in [7, 11) is 0. The molecule has 134 valence electrons. The number of fused-ring (bicyclic) bond motifs is 1. The highest BCUT2D eigenvalue weighted by Crippen LogP contribution is 2.34. The molecule has 0 saturated carbocycles. The lowest BCUT2D eigenvalue weighted by Crippen LogP contribution is -2.31. The van der Waals surface area contributed by atoms with Gasteiger partial charge in [-0.25, -0.2) is 4.79 Å². The number of carbonyl (C=O) groups excluding carboxylic acids is 2. The summed E-state index contributed by atoms with van der Waals surface area (Å²) >= 11 is 0. The first-order chi connectivity index (χ1) is 12.3. The Morgan fingerprint density at radius 3 is 2.42 bits per heavy atom. The Kier molecular flexibility index (Phi) is 4.64. The first-order valence-corrected chi connectivity index (χ1v) is 8.54. The van der Waals surface area contributed by atoms with Crippen molar-refractivity contribution in [2.24, 2.45) is 4.99 Å². The molecule has 0 N–H and O–H groups in total. The fourth-order valence-electron chi connectivity index (χ4n) is 2.95. The molecule has 5 nitrogen and oxygen atoms in total. The maximum Gasteiger partial charge on any atom is 0.434 e. The molecule has 0 radical (unpaired) electrons. The van der Waals surface area contributed by atoms with Gasteiger partial charge < -0.3 is 9.64 Å². The highest BCUT2D eigenvalue weighted by Gasteiger charge is 2.36. The molecule has 3 rings (SSSR count). The number of hydrogen-bond acceptors (Lipinski definition) is 3. The summed E-state index contributed by atoms with van der Waals surface area (Å²) in [6.45, 7) is 7.66. The van der Waals surface area contributed by atoms with E-state index in [2.05, 4.69) is 4.99 Å². The summed E-state index contributed by atoms with van der Waals surface area (Å²) in [5.41, 5.74) is 2.89. The van der Waals surface area contributed by atoms with E-state index in [1.165, 1.54) is 0 Å². The van der Waals surface area contributed by atoms with Crippen LogP contribution in [-0.4, -0.2) is 23.3 Å². The number of anilines is 1. The van der Waals surface area contributed by atoms with Gasteiger partial charge in [-0.05, 0) is 38.8 Å². The molecule has 5 heteroatoms. The molecule has 26 heavy (non-hydrogen) atoms. The van der Waals surface area contributed by atoms with Crippen LogP contribution in [0.5, 0.6) is 0 Å². The minimum atomic E-state index is -0.755. The molecule has 0 spiro atoms. The average molecular weight is 350 g/mol. The minimum absolute atomic E-state index is 0.133. The Morgan fingerprint density at radius 1 is 1.08 bits per heavy atom. The molecule has 0 unspecified atom stereocenters. The van der Waals surface area contributed by atoms with E-state index in [0.29, 0.717) is 12.1 Å². The van der Waals surface area contributed by atoms with Gasteiger partial charge in [-0.1, -0.05) is 48.5 Å². The van der Waals surface area contributed by atoms with E-state index in [-0.39, 0.29) is 11.6 Å². The van der Waals surface area contributed by atoms with E-state index >= 15 is 0 Å². The zero-order valence-corrected chi connectivity index (χ0v) is 15.4. The summed E-state index contributed by atoms with van der Waals surface area (Å²) in [5, 5.41) is 0. The molecule has 0 atom stereocenters. The molecular weight excluding hydrogens is 328 g/mol. The maximum absolute atomic E-state index is 13.0. The molecule has 0 fully saturated rings. The van der Waals surface area contributed by atoms with Crippen LogP contribution >= 0.6 is 0 Å². The monoisotopic (exact) mass is 350 g/mol. The lowest BCUT2D eigenvalue weighted by Gasteiger charge is -2.19. The second-order valence-corrected chi connectivity index (χ2v) is 7.29. The Morgan fingerprint density at radius 2 is 1.77 bits per heavy atom. The quantitative estimate of drug-likeness (QED) is 0.813. The topological polar surface area (TPSA) is 59.0 Å². The van der Waals surface area contributed by atoms with Crippen LogP contribution in [0.1, 0.15) is 37.5 Å². The molecule has 1 aliphatic heterocycles. The molecule has 1 aliphatic rings. The van der Waals surface area contributed by atoms with Crippen LogP contribution in [0.15, 0.2) is 53.5 Å². The number of hydrogen-bond donors (Lipinski definition) is 0. The number of ether oxygens (including phenoxy) is 1. The third-order valence-corrected chi connectivity index (χ3v) is 3.99. The van der Waals surface area contributed by atoms with Crippen molar-refractivity contribution < 1.29 is 14.3 Å². The summed E-state index contributed by atoms with van der Waals surface area (Å²) in [6, 6.07) is 15.4. The third kappa shape index (κ3) is 3.67. The Bertz CT molecular complexity index is 880. The van der Waals surface area contributed by atoms with Gasteiger partial charge in [0.15, 0.2) is 0 Å². The van der Waals surface area contributed by atoms with E-state index < -0.39 is 11.7 Å². The molecular formula is C21H22N2O3. The van der Waals surface area contributed by atoms with E-state index in [1.807, 2.05) is 55.5 Å². The van der Waals surface area contributed by atoms with Gasteiger partial charge in [0.25, 0.3) is 5.91 Å². The van der Waals surface area contributed by atoms with Gasteiger partial charge in [0.05, 0.1) is 12.2 Å². The Hall–Kier alpha value is -2.95. The smallest absolute Gasteiger partial charge is 0.434 e. The number of nitrogens with zero attached hydrogens (tertiary/aromatic N) is 2. The van der Waals surface area contributed by atoms with Gasteiger partial charge in [-0.3, -0.25) is 4.79 Å². The van der Waals surface area contributed by atoms with Gasteiger partial charge in [0, 0.05) is 5.56 Å². The van der Waals surface area contributed by atoms with E-state index in [0.717, 1.165) is 16.8 Å². The van der Waals surface area contributed by atoms with Crippen molar-refractivity contribution in [3.8, 4) is 0 Å². The predicted molar refractivity (Wildman–Crippen MR) is 102 cm³/mol. The lowest BCUT2D eigenvalue weighted by molar-refractivity contribution is -0.112. The molecule has 1 heterocycles. The van der Waals surface area contributed by atoms with Crippen molar-refractivity contribution in [3.05, 3.63) is 65.2 Å². The standard InChI is InChI=1S/C21H22N2O3/c1-14-9-8-12-16-17(22-20(25)26-21(2,3)4)19(24)23(18(14)16)13-15-10-6-5-7-11-15/h5-12H,13H2,1-4H3/b22-17+. The summed E-state index contributed by atoms with van der Waals surface area (Å²) < 4.78 is 5.25. The van der Waals surface area contributed by atoms with Gasteiger partial charge >= 0.3 is 6.09 Å². The van der Waals surface area contributed by atoms with Crippen molar-refractivity contribution >= 4 is 23.4 Å². The van der Waals surface area contributed by atoms with Crippen LogP contribution < -0.4 is 4.90 Å². The van der Waals surface area contributed by atoms with Crippen LogP contribution in [0.4, 0.5) is 10.5 Å². The Balaban J connectivity index is 2.00. The first-order valence-electron chi connectivity index (χ1n) is 8.54. The SMILES string of the molecule is Cc1cccc2c1N(Cc1ccccc1)C(=O)/C2=N/C(=O)OC(C)(C)C. The van der Waals surface area contributed by atoms with Crippen LogP contribution in [0.2, 0.25) is 0 Å². The van der Waals surface area contributed by atoms with Crippen molar-refractivity contribution in [3.63, 3.8) is 0 Å². The second kappa shape index (κ2) is 6.75. The zero-order valence-electron chi connectivity index (χ0n) is 15.4. The normalized spacial score (nSPS) is 15.3. The molecule has 2 aromatic rings. The van der Waals surface area contributed by atoms with E-state index in [1.54, 1.807) is 25.7 Å². The maximum atomic E-state index is 13.0. The fraction of sp³-hybridized carbons (Fsp3) is 0.286. The van der Waals surface area contributed by atoms with Crippen LogP contribution in [0.25, 0.3) is 0 Å². The third-order valence-electron chi connectivity index (χ3n) is 3.99. The zero-order chi connectivity index (χ0) is 18.9. The number of aliphatic imine (C=N–C) groups is 1. The fourth-order valence-corrected chi connectivity index (χ4v) is 2.95. The molecule has 0 bridgehead atoms. The van der Waals surface area contributed by atoms with Crippen molar-refractivity contribution in [2.75, 3.05) is 4.90 Å². The lowest BCUT2D eigenvalue weighted by atomic mass is 10.1. The predicted octanol–water partition coefficient (Wildman–Crippen LogP) is 4.27. The van der Waals surface area contributed by atoms with Gasteiger partial charge in [0.2, 0.25) is 0 Å². The second-order valence-electron chi connectivity index (χ2n) is 7.29. The highest BCUT2D eigenvalue weighted by molar-refractivity contribution is 6.55. The Labute approximate surface area is 153 Å². The number of para-hydroxylation sites is 1. The van der Waals surface area contributed by atoms with Crippen LogP contribution in [-0.2, 0) is 16.1 Å². The highest BCUT2D eigenvalue weighted by atomic mass is 16.6. The van der Waals surface area contributed by atoms with Gasteiger partial charge in [0.1, 0.15) is 11.3 Å². The van der Waals surface area contributed by atoms with E-state index in [9.17, 15) is 9.59 Å². The number of amides is 2. The van der Waals surface area contributed by atoms with E-state index in [4.69, 9.17) is 4.74 Å². The number of rotatable bonds is 2. The average Bonchev–Trinajstić information content (AvgIpc) is 2.81. The van der Waals surface area contributed by atoms with Crippen LogP contribution in [0, 0.1) is 6.92 Å². The van der Waals surface area contributed by atoms with Crippen molar-refractivity contribution in [1.29, 1.82) is 0 Å². The first kappa shape index (κ1) is 17.9. The van der Waals surface area contributed by atoms with Crippen LogP contribution in [0.3, 0.4) is 0 Å². The summed E-state index contributed by atoms with van der Waals surface area (Å²) in [6.07, 6.45) is -0.755. The number of carbonyl (C=O) groups is 2. The molecule has 0 aliphatic carbocycles. The van der Waals surface area contributed by atoms with Crippen molar-refractivity contribution in [2.45, 2.75) is 39.8 Å². The molecule has 0 saturated heterocycles.